The Morgan fingerprint density at radius 2 is 1.71 bits per heavy atom. The fourth-order valence-corrected chi connectivity index (χ4v) is 3.78. The van der Waals surface area contributed by atoms with Gasteiger partial charge in [0.15, 0.2) is 5.78 Å². The quantitative estimate of drug-likeness (QED) is 0.442. The van der Waals surface area contributed by atoms with Gasteiger partial charge in [0.2, 0.25) is 5.91 Å². The summed E-state index contributed by atoms with van der Waals surface area (Å²) in [5.74, 6) is 0.164. The average Bonchev–Trinajstić information content (AvgIpc) is 3.59. The summed E-state index contributed by atoms with van der Waals surface area (Å²) in [7, 11) is 0. The van der Waals surface area contributed by atoms with Gasteiger partial charge in [-0.05, 0) is 50.5 Å². The average molecular weight is 483 g/mol. The summed E-state index contributed by atoms with van der Waals surface area (Å²) in [5, 5.41) is 5.62. The Labute approximate surface area is 200 Å². The van der Waals surface area contributed by atoms with Crippen molar-refractivity contribution in [3.05, 3.63) is 77.1 Å². The minimum absolute atomic E-state index is 0.0680. The second kappa shape index (κ2) is 9.44. The first kappa shape index (κ1) is 24.3. The number of nitrogens with one attached hydrogen (secondary N) is 2. The molecule has 2 aromatic heterocycles. The van der Waals surface area contributed by atoms with E-state index in [4.69, 9.17) is 0 Å². The van der Waals surface area contributed by atoms with Crippen LogP contribution in [0.1, 0.15) is 52.3 Å². The fraction of sp³-hybridized carbons (Fsp3) is 0.320. The van der Waals surface area contributed by atoms with E-state index in [9.17, 15) is 22.8 Å². The molecule has 2 heterocycles. The van der Waals surface area contributed by atoms with Crippen LogP contribution >= 0.6 is 0 Å². The Hall–Kier alpha value is -3.82. The van der Waals surface area contributed by atoms with Crippen LogP contribution in [0, 0.1) is 19.3 Å². The van der Waals surface area contributed by atoms with E-state index in [0.717, 1.165) is 6.07 Å². The SMILES string of the molecule is Cc1ncc(C(=O)CC2(C(=O)NCc3ncc(Nc4ccccc4C(F)(F)F)cc3C)CC2)cn1. The van der Waals surface area contributed by atoms with E-state index in [1.165, 1.54) is 36.8 Å². The predicted molar refractivity (Wildman–Crippen MR) is 123 cm³/mol. The molecule has 1 fully saturated rings. The minimum atomic E-state index is -4.48. The molecule has 35 heavy (non-hydrogen) atoms. The predicted octanol–water partition coefficient (Wildman–Crippen LogP) is 4.92. The lowest BCUT2D eigenvalue weighted by molar-refractivity contribution is -0.137. The summed E-state index contributed by atoms with van der Waals surface area (Å²) < 4.78 is 39.7. The number of hydrogen-bond acceptors (Lipinski definition) is 6. The lowest BCUT2D eigenvalue weighted by Crippen LogP contribution is -2.33. The van der Waals surface area contributed by atoms with Crippen LogP contribution in [0.5, 0.6) is 0 Å². The summed E-state index contributed by atoms with van der Waals surface area (Å²) in [6.07, 6.45) is 1.19. The Kier molecular flexibility index (Phi) is 6.56. The maximum Gasteiger partial charge on any atom is 0.418 e. The second-order valence-corrected chi connectivity index (χ2v) is 8.74. The molecular weight excluding hydrogens is 459 g/mol. The third-order valence-corrected chi connectivity index (χ3v) is 6.05. The molecule has 10 heteroatoms. The van der Waals surface area contributed by atoms with Gasteiger partial charge in [-0.2, -0.15) is 13.2 Å². The number of anilines is 2. The lowest BCUT2D eigenvalue weighted by atomic mass is 9.95. The molecular formula is C25H24F3N5O2. The van der Waals surface area contributed by atoms with Crippen LogP contribution in [0.2, 0.25) is 0 Å². The van der Waals surface area contributed by atoms with Crippen molar-refractivity contribution in [1.29, 1.82) is 0 Å². The molecule has 0 aliphatic heterocycles. The number of amides is 1. The van der Waals surface area contributed by atoms with Gasteiger partial charge in [0.05, 0.1) is 46.4 Å². The van der Waals surface area contributed by atoms with Crippen molar-refractivity contribution in [2.45, 2.75) is 45.8 Å². The number of pyridine rings is 1. The number of rotatable bonds is 8. The Balaban J connectivity index is 1.38. The third-order valence-electron chi connectivity index (χ3n) is 6.05. The van der Waals surface area contributed by atoms with E-state index in [1.807, 2.05) is 0 Å². The first-order valence-electron chi connectivity index (χ1n) is 11.1. The van der Waals surface area contributed by atoms with Gasteiger partial charge in [-0.3, -0.25) is 14.6 Å². The van der Waals surface area contributed by atoms with Gasteiger partial charge >= 0.3 is 6.18 Å². The van der Waals surface area contributed by atoms with Crippen molar-refractivity contribution in [1.82, 2.24) is 20.3 Å². The van der Waals surface area contributed by atoms with Crippen molar-refractivity contribution in [3.8, 4) is 0 Å². The molecule has 1 aliphatic carbocycles. The third kappa shape index (κ3) is 5.64. The molecule has 182 valence electrons. The number of carbonyl (C=O) groups excluding carboxylic acids is 2. The summed E-state index contributed by atoms with van der Waals surface area (Å²) >= 11 is 0. The summed E-state index contributed by atoms with van der Waals surface area (Å²) in [5.41, 5.74) is 0.497. The Bertz CT molecular complexity index is 1250. The van der Waals surface area contributed by atoms with Crippen molar-refractivity contribution in [2.75, 3.05) is 5.32 Å². The van der Waals surface area contributed by atoms with Crippen molar-refractivity contribution in [3.63, 3.8) is 0 Å². The zero-order valence-corrected chi connectivity index (χ0v) is 19.2. The van der Waals surface area contributed by atoms with E-state index in [2.05, 4.69) is 25.6 Å². The number of aromatic nitrogens is 3. The number of alkyl halides is 3. The molecule has 0 spiro atoms. The number of para-hydroxylation sites is 1. The molecule has 0 atom stereocenters. The van der Waals surface area contributed by atoms with E-state index in [0.29, 0.717) is 41.2 Å². The van der Waals surface area contributed by atoms with Gasteiger partial charge in [0.25, 0.3) is 0 Å². The minimum Gasteiger partial charge on any atom is -0.354 e. The Morgan fingerprint density at radius 3 is 2.34 bits per heavy atom. The van der Waals surface area contributed by atoms with Crippen LogP contribution in [0.15, 0.2) is 48.9 Å². The van der Waals surface area contributed by atoms with E-state index >= 15 is 0 Å². The van der Waals surface area contributed by atoms with Gasteiger partial charge in [-0.1, -0.05) is 12.1 Å². The van der Waals surface area contributed by atoms with E-state index in [-0.39, 0.29) is 30.3 Å². The van der Waals surface area contributed by atoms with Gasteiger partial charge in [0.1, 0.15) is 5.82 Å². The molecule has 2 N–H and O–H groups in total. The van der Waals surface area contributed by atoms with Crippen molar-refractivity contribution >= 4 is 23.1 Å². The van der Waals surface area contributed by atoms with Crippen LogP contribution in [0.3, 0.4) is 0 Å². The number of ketones is 1. The number of halogens is 3. The van der Waals surface area contributed by atoms with Crippen LogP contribution < -0.4 is 10.6 Å². The van der Waals surface area contributed by atoms with E-state index < -0.39 is 17.2 Å². The molecule has 1 amide bonds. The molecule has 0 saturated heterocycles. The first-order valence-corrected chi connectivity index (χ1v) is 11.1. The molecule has 4 rings (SSSR count). The number of hydrogen-bond donors (Lipinski definition) is 2. The molecule has 1 aliphatic rings. The number of benzene rings is 1. The fourth-order valence-electron chi connectivity index (χ4n) is 3.78. The highest BCUT2D eigenvalue weighted by Crippen LogP contribution is 2.49. The molecule has 0 bridgehead atoms. The highest BCUT2D eigenvalue weighted by Gasteiger charge is 2.51. The Morgan fingerprint density at radius 1 is 1.03 bits per heavy atom. The summed E-state index contributed by atoms with van der Waals surface area (Å²) in [4.78, 5) is 37.8. The normalized spacial score (nSPS) is 14.3. The monoisotopic (exact) mass is 483 g/mol. The summed E-state index contributed by atoms with van der Waals surface area (Å²) in [6.45, 7) is 3.64. The van der Waals surface area contributed by atoms with Crippen molar-refractivity contribution in [2.24, 2.45) is 5.41 Å². The van der Waals surface area contributed by atoms with Crippen molar-refractivity contribution < 1.29 is 22.8 Å². The lowest BCUT2D eigenvalue weighted by Gasteiger charge is -2.16. The van der Waals surface area contributed by atoms with Gasteiger partial charge < -0.3 is 10.6 Å². The maximum atomic E-state index is 13.2. The molecule has 0 radical (unpaired) electrons. The standard InChI is InChI=1S/C25H24F3N5O2/c1-15-9-18(33-20-6-4-3-5-19(20)25(26,27)28)13-31-21(15)14-32-23(35)24(7-8-24)10-22(34)17-11-29-16(2)30-12-17/h3-6,9,11-13,33H,7-8,10,14H2,1-2H3,(H,32,35). The van der Waals surface area contributed by atoms with Gasteiger partial charge in [-0.15, -0.1) is 0 Å². The van der Waals surface area contributed by atoms with Crippen LogP contribution in [0.25, 0.3) is 0 Å². The second-order valence-electron chi connectivity index (χ2n) is 8.74. The van der Waals surface area contributed by atoms with Crippen LogP contribution in [-0.4, -0.2) is 26.6 Å². The highest BCUT2D eigenvalue weighted by molar-refractivity contribution is 6.00. The molecule has 7 nitrogen and oxygen atoms in total. The van der Waals surface area contributed by atoms with E-state index in [1.54, 1.807) is 19.9 Å². The molecule has 0 unspecified atom stereocenters. The van der Waals surface area contributed by atoms with Gasteiger partial charge in [0, 0.05) is 18.8 Å². The number of nitrogens with zero attached hydrogens (tertiary/aromatic N) is 3. The number of carbonyl (C=O) groups is 2. The summed E-state index contributed by atoms with van der Waals surface area (Å²) in [6, 6.07) is 6.89. The molecule has 1 saturated carbocycles. The molecule has 3 aromatic rings. The maximum absolute atomic E-state index is 13.2. The highest BCUT2D eigenvalue weighted by atomic mass is 19.4. The van der Waals surface area contributed by atoms with Crippen LogP contribution in [-0.2, 0) is 17.5 Å². The first-order chi connectivity index (χ1) is 16.6. The number of aryl methyl sites for hydroxylation is 2. The van der Waals surface area contributed by atoms with Crippen LogP contribution in [0.4, 0.5) is 24.5 Å². The zero-order valence-electron chi connectivity index (χ0n) is 19.2. The topological polar surface area (TPSA) is 96.9 Å². The number of Topliss-reactive ketones (excluding diaryl/α,β-unsaturated/α-hetero) is 1. The largest absolute Gasteiger partial charge is 0.418 e. The zero-order chi connectivity index (χ0) is 25.2. The molecule has 1 aromatic carbocycles. The smallest absolute Gasteiger partial charge is 0.354 e. The van der Waals surface area contributed by atoms with Gasteiger partial charge in [-0.25, -0.2) is 9.97 Å².